The second-order valence-electron chi connectivity index (χ2n) is 7.15. The summed E-state index contributed by atoms with van der Waals surface area (Å²) in [6.07, 6.45) is 11.7. The number of nitrogens with two attached hydrogens (primary N) is 1. The highest BCUT2D eigenvalue weighted by Crippen LogP contribution is 2.30. The Labute approximate surface area is 177 Å². The molecule has 29 heavy (non-hydrogen) atoms. The number of ether oxygens (including phenoxy) is 1. The molecule has 4 rings (SSSR count). The minimum Gasteiger partial charge on any atom is -0.404 e. The summed E-state index contributed by atoms with van der Waals surface area (Å²) >= 11 is 3.41. The highest BCUT2D eigenvalue weighted by Gasteiger charge is 2.41. The lowest BCUT2D eigenvalue weighted by Gasteiger charge is -2.47. The van der Waals surface area contributed by atoms with Crippen LogP contribution in [0.2, 0.25) is 0 Å². The molecule has 2 aromatic heterocycles. The Balaban J connectivity index is 1.70. The number of morpholine rings is 1. The van der Waals surface area contributed by atoms with Crippen molar-refractivity contribution in [2.45, 2.75) is 31.7 Å². The Hall–Kier alpha value is -2.56. The predicted molar refractivity (Wildman–Crippen MR) is 115 cm³/mol. The van der Waals surface area contributed by atoms with E-state index >= 15 is 0 Å². The number of aliphatic imine (C=N–C) groups is 1. The number of rotatable bonds is 4. The van der Waals surface area contributed by atoms with Gasteiger partial charge in [-0.3, -0.25) is 9.30 Å². The summed E-state index contributed by atoms with van der Waals surface area (Å²) in [5.41, 5.74) is 7.37. The molecule has 0 aliphatic carbocycles. The molecule has 0 bridgehead atoms. The van der Waals surface area contributed by atoms with E-state index in [1.54, 1.807) is 12.4 Å². The number of amidine groups is 1. The molecule has 9 nitrogen and oxygen atoms in total. The summed E-state index contributed by atoms with van der Waals surface area (Å²) in [5, 5.41) is 10.9. The number of aromatic nitrogens is 3. The lowest BCUT2D eigenvalue weighted by molar-refractivity contribution is -0.0731. The van der Waals surface area contributed by atoms with Crippen LogP contribution in [0.1, 0.15) is 19.5 Å². The zero-order valence-corrected chi connectivity index (χ0v) is 17.8. The third kappa shape index (κ3) is 3.47. The highest BCUT2D eigenvalue weighted by molar-refractivity contribution is 9.10. The summed E-state index contributed by atoms with van der Waals surface area (Å²) in [4.78, 5) is 16.0. The van der Waals surface area contributed by atoms with E-state index in [1.165, 1.54) is 12.4 Å². The zero-order valence-electron chi connectivity index (χ0n) is 16.2. The van der Waals surface area contributed by atoms with Crippen LogP contribution in [-0.4, -0.2) is 62.3 Å². The fourth-order valence-corrected chi connectivity index (χ4v) is 4.24. The molecule has 152 valence electrons. The van der Waals surface area contributed by atoms with Crippen LogP contribution in [0.15, 0.2) is 52.2 Å². The number of imidazole rings is 1. The van der Waals surface area contributed by atoms with Gasteiger partial charge in [-0.2, -0.15) is 0 Å². The van der Waals surface area contributed by atoms with Gasteiger partial charge in [-0.1, -0.05) is 0 Å². The van der Waals surface area contributed by atoms with E-state index in [0.717, 1.165) is 21.8 Å². The fourth-order valence-electron chi connectivity index (χ4n) is 3.93. The van der Waals surface area contributed by atoms with Crippen molar-refractivity contribution in [3.05, 3.63) is 52.9 Å². The molecule has 1 fully saturated rings. The smallest absolute Gasteiger partial charge is 0.155 e. The number of halogens is 1. The molecule has 3 atom stereocenters. The summed E-state index contributed by atoms with van der Waals surface area (Å²) in [6, 6.07) is -0.0153. The number of nitrogens with one attached hydrogen (secondary N) is 2. The third-order valence-electron chi connectivity index (χ3n) is 5.39. The molecule has 2 aliphatic heterocycles. The van der Waals surface area contributed by atoms with E-state index < -0.39 is 5.66 Å². The van der Waals surface area contributed by atoms with Gasteiger partial charge in [0.15, 0.2) is 11.5 Å². The van der Waals surface area contributed by atoms with Gasteiger partial charge >= 0.3 is 0 Å². The molecular weight excluding hydrogens is 436 g/mol. The number of fused-ring (bicyclic) bond motifs is 1. The molecule has 2 aromatic rings. The van der Waals surface area contributed by atoms with Crippen LogP contribution >= 0.6 is 15.9 Å². The number of hydrogen-bond donors (Lipinski definition) is 3. The van der Waals surface area contributed by atoms with Crippen molar-refractivity contribution in [1.82, 2.24) is 24.6 Å². The Morgan fingerprint density at radius 3 is 3.03 bits per heavy atom. The Morgan fingerprint density at radius 2 is 2.28 bits per heavy atom. The molecule has 0 radical (unpaired) electrons. The highest BCUT2D eigenvalue weighted by atomic mass is 79.9. The molecule has 0 spiro atoms. The largest absolute Gasteiger partial charge is 0.404 e. The van der Waals surface area contributed by atoms with Crippen molar-refractivity contribution in [3.63, 3.8) is 0 Å². The fraction of sp³-hybridized carbons (Fsp3) is 0.368. The minimum atomic E-state index is -0.585. The van der Waals surface area contributed by atoms with Gasteiger partial charge in [0.25, 0.3) is 0 Å². The zero-order chi connectivity index (χ0) is 20.6. The first kappa shape index (κ1) is 19.7. The second-order valence-corrected chi connectivity index (χ2v) is 7.96. The maximum Gasteiger partial charge on any atom is 0.155 e. The van der Waals surface area contributed by atoms with Crippen LogP contribution in [0.5, 0.6) is 0 Å². The van der Waals surface area contributed by atoms with Crippen molar-refractivity contribution in [3.8, 4) is 0 Å². The average molecular weight is 459 g/mol. The van der Waals surface area contributed by atoms with E-state index in [0.29, 0.717) is 18.7 Å². The van der Waals surface area contributed by atoms with Gasteiger partial charge in [-0.25, -0.2) is 15.0 Å². The average Bonchev–Trinajstić information content (AvgIpc) is 3.13. The summed E-state index contributed by atoms with van der Waals surface area (Å²) in [6.45, 7) is 5.40. The van der Waals surface area contributed by atoms with E-state index in [1.807, 2.05) is 22.9 Å². The molecular formula is C19H23BrN8O. The third-order valence-corrected chi connectivity index (χ3v) is 5.80. The van der Waals surface area contributed by atoms with Crippen molar-refractivity contribution < 1.29 is 4.74 Å². The molecule has 4 N–H and O–H groups in total. The van der Waals surface area contributed by atoms with Crippen LogP contribution in [0, 0.1) is 5.41 Å². The van der Waals surface area contributed by atoms with Crippen LogP contribution < -0.4 is 11.1 Å². The van der Waals surface area contributed by atoms with E-state index in [4.69, 9.17) is 20.9 Å². The summed E-state index contributed by atoms with van der Waals surface area (Å²) < 4.78 is 8.58. The van der Waals surface area contributed by atoms with Crippen molar-refractivity contribution >= 4 is 33.6 Å². The van der Waals surface area contributed by atoms with Gasteiger partial charge in [-0.15, -0.1) is 0 Å². The summed E-state index contributed by atoms with van der Waals surface area (Å²) in [7, 11) is 0. The molecule has 1 saturated heterocycles. The number of nitrogens with zero attached hydrogens (tertiary/aromatic N) is 5. The van der Waals surface area contributed by atoms with Crippen LogP contribution in [0.4, 0.5) is 0 Å². The summed E-state index contributed by atoms with van der Waals surface area (Å²) in [5.74, 6) is 0.720. The minimum absolute atomic E-state index is 0.0153. The van der Waals surface area contributed by atoms with Crippen molar-refractivity contribution in [2.24, 2.45) is 10.7 Å². The van der Waals surface area contributed by atoms with Gasteiger partial charge in [0, 0.05) is 43.0 Å². The molecule has 10 heteroatoms. The molecule has 0 saturated carbocycles. The molecule has 2 aliphatic rings. The molecule has 3 unspecified atom stereocenters. The topological polar surface area (TPSA) is 117 Å². The van der Waals surface area contributed by atoms with Gasteiger partial charge in [-0.05, 0) is 35.9 Å². The van der Waals surface area contributed by atoms with E-state index in [-0.39, 0.29) is 12.1 Å². The molecule has 4 heterocycles. The van der Waals surface area contributed by atoms with Gasteiger partial charge in [0.1, 0.15) is 22.1 Å². The first-order valence-corrected chi connectivity index (χ1v) is 10.1. The predicted octanol–water partition coefficient (Wildman–Crippen LogP) is 1.65. The monoisotopic (exact) mass is 458 g/mol. The maximum atomic E-state index is 7.62. The standard InChI is InChI=1S/C19H23BrN8O/c1-12-17(13(7-21)8-22)29-6-5-28(12)19(2)3-4-23-18(26-19)14-9-25-16-10-24-15(20)11-27(14)16/h3-4,7-12,17,21H,5-6,22H2,1-2H3,(H,23,26)/b13-8+,21-7?. The second kappa shape index (κ2) is 7.69. The Kier molecular flexibility index (Phi) is 5.24. The van der Waals surface area contributed by atoms with E-state index in [2.05, 4.69) is 50.0 Å². The van der Waals surface area contributed by atoms with Crippen LogP contribution in [-0.2, 0) is 4.74 Å². The first-order valence-electron chi connectivity index (χ1n) is 9.30. The number of hydrogen-bond acceptors (Lipinski definition) is 8. The van der Waals surface area contributed by atoms with Crippen LogP contribution in [0.3, 0.4) is 0 Å². The molecule has 0 amide bonds. The van der Waals surface area contributed by atoms with Gasteiger partial charge < -0.3 is 21.2 Å². The van der Waals surface area contributed by atoms with Crippen molar-refractivity contribution in [1.29, 1.82) is 5.41 Å². The first-order chi connectivity index (χ1) is 14.0. The van der Waals surface area contributed by atoms with Gasteiger partial charge in [0.05, 0.1) is 19.0 Å². The molecule has 0 aromatic carbocycles. The van der Waals surface area contributed by atoms with Crippen LogP contribution in [0.25, 0.3) is 5.65 Å². The van der Waals surface area contributed by atoms with E-state index in [9.17, 15) is 0 Å². The maximum absolute atomic E-state index is 7.62. The van der Waals surface area contributed by atoms with Gasteiger partial charge in [0.2, 0.25) is 0 Å². The lowest BCUT2D eigenvalue weighted by Crippen LogP contribution is -2.59. The SMILES string of the molecule is CC1C(/C(C=N)=C/N)OCCN1C1(C)C=CNC(c2cnc3cnc(Br)cn23)=N1. The Bertz CT molecular complexity index is 1030. The normalized spacial score (nSPS) is 28.2. The van der Waals surface area contributed by atoms with Crippen molar-refractivity contribution in [2.75, 3.05) is 13.2 Å². The lowest BCUT2D eigenvalue weighted by atomic mass is 9.97. The Morgan fingerprint density at radius 1 is 1.45 bits per heavy atom. The quantitative estimate of drug-likeness (QED) is 0.599.